The molecule has 18 heavy (non-hydrogen) atoms. The molecule has 102 valence electrons. The predicted octanol–water partition coefficient (Wildman–Crippen LogP) is 0.848. The summed E-state index contributed by atoms with van der Waals surface area (Å²) in [6, 6.07) is 0. The standard InChI is InChI=1S/C12H18O6/c1-8(2)11(14)17-6-5-16-10(13)7-18-12(15)9(3)4/h9H,1,5-7H2,2-4H3. The van der Waals surface area contributed by atoms with Crippen LogP contribution in [0.2, 0.25) is 0 Å². The minimum atomic E-state index is -0.685. The van der Waals surface area contributed by atoms with Crippen molar-refractivity contribution in [2.75, 3.05) is 19.8 Å². The molecule has 0 aliphatic heterocycles. The van der Waals surface area contributed by atoms with Gasteiger partial charge in [0.15, 0.2) is 6.61 Å². The van der Waals surface area contributed by atoms with Gasteiger partial charge in [-0.1, -0.05) is 20.4 Å². The summed E-state index contributed by atoms with van der Waals surface area (Å²) in [4.78, 5) is 33.1. The average molecular weight is 258 g/mol. The first-order chi connectivity index (χ1) is 8.34. The smallest absolute Gasteiger partial charge is 0.344 e. The van der Waals surface area contributed by atoms with E-state index in [0.29, 0.717) is 0 Å². The van der Waals surface area contributed by atoms with E-state index in [1.165, 1.54) is 6.92 Å². The Bertz CT molecular complexity index is 331. The van der Waals surface area contributed by atoms with Gasteiger partial charge in [0.1, 0.15) is 13.2 Å². The molecule has 0 bridgehead atoms. The largest absolute Gasteiger partial charge is 0.460 e. The lowest BCUT2D eigenvalue weighted by Crippen LogP contribution is -2.21. The van der Waals surface area contributed by atoms with Crippen molar-refractivity contribution in [3.05, 3.63) is 12.2 Å². The Morgan fingerprint density at radius 1 is 1.06 bits per heavy atom. The molecule has 0 heterocycles. The Hall–Kier alpha value is -1.85. The summed E-state index contributed by atoms with van der Waals surface area (Å²) in [7, 11) is 0. The maximum Gasteiger partial charge on any atom is 0.344 e. The fourth-order valence-corrected chi connectivity index (χ4v) is 0.751. The summed E-state index contributed by atoms with van der Waals surface area (Å²) in [5, 5.41) is 0. The molecular weight excluding hydrogens is 240 g/mol. The van der Waals surface area contributed by atoms with Crippen LogP contribution in [-0.2, 0) is 28.6 Å². The van der Waals surface area contributed by atoms with Crippen LogP contribution in [0.25, 0.3) is 0 Å². The molecule has 0 aliphatic carbocycles. The van der Waals surface area contributed by atoms with E-state index in [0.717, 1.165) is 0 Å². The summed E-state index contributed by atoms with van der Waals surface area (Å²) in [5.74, 6) is -2.00. The van der Waals surface area contributed by atoms with Crippen LogP contribution in [0.15, 0.2) is 12.2 Å². The Labute approximate surface area is 106 Å². The maximum atomic E-state index is 11.1. The summed E-state index contributed by atoms with van der Waals surface area (Å²) in [6.07, 6.45) is 0. The Morgan fingerprint density at radius 3 is 2.11 bits per heavy atom. The third-order valence-corrected chi connectivity index (χ3v) is 1.73. The Balaban J connectivity index is 3.63. The van der Waals surface area contributed by atoms with E-state index in [1.54, 1.807) is 13.8 Å². The van der Waals surface area contributed by atoms with Crippen LogP contribution in [0.5, 0.6) is 0 Å². The van der Waals surface area contributed by atoms with E-state index in [4.69, 9.17) is 4.74 Å². The van der Waals surface area contributed by atoms with E-state index < -0.39 is 24.5 Å². The predicted molar refractivity (Wildman–Crippen MR) is 62.5 cm³/mol. The molecule has 0 amide bonds. The fourth-order valence-electron chi connectivity index (χ4n) is 0.751. The third-order valence-electron chi connectivity index (χ3n) is 1.73. The number of carbonyl (C=O) groups excluding carboxylic acids is 3. The minimum absolute atomic E-state index is 0.0600. The molecule has 0 saturated heterocycles. The molecule has 0 atom stereocenters. The lowest BCUT2D eigenvalue weighted by Gasteiger charge is -2.08. The van der Waals surface area contributed by atoms with Crippen molar-refractivity contribution in [1.82, 2.24) is 0 Å². The molecule has 6 nitrogen and oxygen atoms in total. The summed E-state index contributed by atoms with van der Waals surface area (Å²) >= 11 is 0. The number of rotatable bonds is 7. The summed E-state index contributed by atoms with van der Waals surface area (Å²) in [5.41, 5.74) is 0.271. The van der Waals surface area contributed by atoms with Gasteiger partial charge in [0.2, 0.25) is 0 Å². The fraction of sp³-hybridized carbons (Fsp3) is 0.583. The number of ether oxygens (including phenoxy) is 3. The van der Waals surface area contributed by atoms with Crippen molar-refractivity contribution in [2.45, 2.75) is 20.8 Å². The molecule has 0 fully saturated rings. The van der Waals surface area contributed by atoms with Gasteiger partial charge in [0.05, 0.1) is 5.92 Å². The van der Waals surface area contributed by atoms with E-state index in [-0.39, 0.29) is 24.7 Å². The van der Waals surface area contributed by atoms with Crippen molar-refractivity contribution in [2.24, 2.45) is 5.92 Å². The quantitative estimate of drug-likeness (QED) is 0.291. The zero-order valence-electron chi connectivity index (χ0n) is 10.9. The highest BCUT2D eigenvalue weighted by molar-refractivity contribution is 5.86. The van der Waals surface area contributed by atoms with Crippen LogP contribution in [0.1, 0.15) is 20.8 Å². The van der Waals surface area contributed by atoms with Gasteiger partial charge in [-0.3, -0.25) is 4.79 Å². The molecule has 0 spiro atoms. The van der Waals surface area contributed by atoms with E-state index >= 15 is 0 Å². The lowest BCUT2D eigenvalue weighted by molar-refractivity contribution is -0.162. The van der Waals surface area contributed by atoms with E-state index in [1.807, 2.05) is 0 Å². The number of carbonyl (C=O) groups is 3. The van der Waals surface area contributed by atoms with Gasteiger partial charge in [0.25, 0.3) is 0 Å². The second-order valence-corrected chi connectivity index (χ2v) is 3.90. The van der Waals surface area contributed by atoms with Crippen LogP contribution >= 0.6 is 0 Å². The van der Waals surface area contributed by atoms with Gasteiger partial charge in [-0.05, 0) is 6.92 Å². The topological polar surface area (TPSA) is 78.9 Å². The summed E-state index contributed by atoms with van der Waals surface area (Å²) in [6.45, 7) is 7.64. The minimum Gasteiger partial charge on any atom is -0.460 e. The first-order valence-corrected chi connectivity index (χ1v) is 5.49. The molecule has 0 unspecified atom stereocenters. The van der Waals surface area contributed by atoms with Crippen molar-refractivity contribution in [1.29, 1.82) is 0 Å². The third kappa shape index (κ3) is 7.43. The molecule has 0 aromatic carbocycles. The van der Waals surface area contributed by atoms with Crippen molar-refractivity contribution >= 4 is 17.9 Å². The zero-order valence-corrected chi connectivity index (χ0v) is 10.9. The van der Waals surface area contributed by atoms with Crippen LogP contribution in [0, 0.1) is 5.92 Å². The van der Waals surface area contributed by atoms with Gasteiger partial charge >= 0.3 is 17.9 Å². The maximum absolute atomic E-state index is 11.1. The number of hydrogen-bond acceptors (Lipinski definition) is 6. The highest BCUT2D eigenvalue weighted by Crippen LogP contribution is 1.96. The summed E-state index contributed by atoms with van der Waals surface area (Å²) < 4.78 is 14.0. The van der Waals surface area contributed by atoms with Gasteiger partial charge in [-0.15, -0.1) is 0 Å². The van der Waals surface area contributed by atoms with Gasteiger partial charge < -0.3 is 14.2 Å². The molecule has 6 heteroatoms. The van der Waals surface area contributed by atoms with Crippen molar-refractivity contribution in [3.8, 4) is 0 Å². The second kappa shape index (κ2) is 8.27. The number of hydrogen-bond donors (Lipinski definition) is 0. The normalized spacial score (nSPS) is 9.78. The van der Waals surface area contributed by atoms with Gasteiger partial charge in [-0.2, -0.15) is 0 Å². The average Bonchev–Trinajstić information content (AvgIpc) is 2.30. The molecular formula is C12H18O6. The molecule has 0 N–H and O–H groups in total. The monoisotopic (exact) mass is 258 g/mol. The van der Waals surface area contributed by atoms with Crippen LogP contribution < -0.4 is 0 Å². The first kappa shape index (κ1) is 16.1. The highest BCUT2D eigenvalue weighted by atomic mass is 16.6. The lowest BCUT2D eigenvalue weighted by atomic mass is 10.2. The SMILES string of the molecule is C=C(C)C(=O)OCCOC(=O)COC(=O)C(C)C. The van der Waals surface area contributed by atoms with Crippen molar-refractivity contribution < 1.29 is 28.6 Å². The Kier molecular flexibility index (Phi) is 7.42. The second-order valence-electron chi connectivity index (χ2n) is 3.90. The van der Waals surface area contributed by atoms with Crippen LogP contribution in [-0.4, -0.2) is 37.7 Å². The molecule has 0 aliphatic rings. The molecule has 0 saturated carbocycles. The highest BCUT2D eigenvalue weighted by Gasteiger charge is 2.12. The zero-order chi connectivity index (χ0) is 14.1. The van der Waals surface area contributed by atoms with Crippen LogP contribution in [0.4, 0.5) is 0 Å². The van der Waals surface area contributed by atoms with E-state index in [2.05, 4.69) is 16.1 Å². The van der Waals surface area contributed by atoms with Crippen molar-refractivity contribution in [3.63, 3.8) is 0 Å². The van der Waals surface area contributed by atoms with E-state index in [9.17, 15) is 14.4 Å². The van der Waals surface area contributed by atoms with Gasteiger partial charge in [0, 0.05) is 5.57 Å². The first-order valence-electron chi connectivity index (χ1n) is 5.49. The molecule has 0 radical (unpaired) electrons. The molecule has 0 aromatic heterocycles. The van der Waals surface area contributed by atoms with Gasteiger partial charge in [-0.25, -0.2) is 9.59 Å². The number of esters is 3. The Morgan fingerprint density at radius 2 is 1.61 bits per heavy atom. The van der Waals surface area contributed by atoms with Crippen LogP contribution in [0.3, 0.4) is 0 Å². The molecule has 0 aromatic rings. The molecule has 0 rings (SSSR count).